The molecule has 29 heavy (non-hydrogen) atoms. The first-order valence-corrected chi connectivity index (χ1v) is 9.79. The third kappa shape index (κ3) is 4.29. The Morgan fingerprint density at radius 3 is 2.45 bits per heavy atom. The molecule has 0 bridgehead atoms. The van der Waals surface area contributed by atoms with Crippen LogP contribution in [0.5, 0.6) is 5.75 Å². The molecule has 0 saturated carbocycles. The molecule has 2 heterocycles. The van der Waals surface area contributed by atoms with Gasteiger partial charge in [0.05, 0.1) is 13.7 Å². The number of urea groups is 1. The molecule has 152 valence electrons. The Labute approximate surface area is 170 Å². The number of likely N-dealkylation sites (tertiary alicyclic amines) is 1. The van der Waals surface area contributed by atoms with Gasteiger partial charge < -0.3 is 19.7 Å². The van der Waals surface area contributed by atoms with Gasteiger partial charge in [0.25, 0.3) is 0 Å². The largest absolute Gasteiger partial charge is 0.497 e. The topological polar surface area (TPSA) is 71.1 Å². The van der Waals surface area contributed by atoms with E-state index in [2.05, 4.69) is 5.32 Å². The molecule has 7 heteroatoms. The number of carbonyl (C=O) groups excluding carboxylic acids is 2. The molecular weight excluding hydrogens is 370 g/mol. The van der Waals surface area contributed by atoms with Crippen LogP contribution in [0.15, 0.2) is 54.6 Å². The number of methoxy groups -OCH3 is 1. The van der Waals surface area contributed by atoms with Crippen LogP contribution in [0.1, 0.15) is 18.4 Å². The van der Waals surface area contributed by atoms with Gasteiger partial charge in [-0.2, -0.15) is 0 Å². The molecule has 2 saturated heterocycles. The number of piperidine rings is 1. The number of rotatable bonds is 4. The summed E-state index contributed by atoms with van der Waals surface area (Å²) >= 11 is 0. The number of ether oxygens (including phenoxy) is 2. The molecule has 0 aromatic heterocycles. The predicted octanol–water partition coefficient (Wildman–Crippen LogP) is 3.71. The molecule has 7 nitrogen and oxygen atoms in total. The number of amides is 3. The van der Waals surface area contributed by atoms with Gasteiger partial charge in [-0.05, 0) is 29.8 Å². The van der Waals surface area contributed by atoms with Crippen LogP contribution < -0.4 is 10.1 Å². The molecule has 3 amide bonds. The number of hydrogen-bond acceptors (Lipinski definition) is 4. The fourth-order valence-corrected chi connectivity index (χ4v) is 3.87. The fraction of sp³-hybridized carbons (Fsp3) is 0.364. The van der Waals surface area contributed by atoms with Crippen LogP contribution in [-0.4, -0.2) is 54.3 Å². The summed E-state index contributed by atoms with van der Waals surface area (Å²) in [6.45, 7) is 2.21. The molecule has 2 fully saturated rings. The number of nitrogens with one attached hydrogen (secondary N) is 1. The highest BCUT2D eigenvalue weighted by Crippen LogP contribution is 2.34. The first-order chi connectivity index (χ1) is 14.1. The van der Waals surface area contributed by atoms with Crippen molar-refractivity contribution >= 4 is 17.8 Å². The molecule has 0 radical (unpaired) electrons. The SMILES string of the molecule is COc1ccc(NC(=O)N2CCC3(CC2)CN(Cc2ccccc2)C(=O)O3)cc1. The van der Waals surface area contributed by atoms with E-state index >= 15 is 0 Å². The van der Waals surface area contributed by atoms with Crippen molar-refractivity contribution in [2.75, 3.05) is 32.1 Å². The van der Waals surface area contributed by atoms with E-state index in [9.17, 15) is 9.59 Å². The standard InChI is InChI=1S/C22H25N3O4/c1-28-19-9-7-18(8-10-19)23-20(26)24-13-11-22(12-14-24)16-25(21(27)29-22)15-17-5-3-2-4-6-17/h2-10H,11-16H2,1H3,(H,23,26). The van der Waals surface area contributed by atoms with Crippen LogP contribution in [0, 0.1) is 0 Å². The van der Waals surface area contributed by atoms with E-state index in [1.807, 2.05) is 42.5 Å². The number of anilines is 1. The van der Waals surface area contributed by atoms with E-state index in [0.717, 1.165) is 17.0 Å². The Hall–Kier alpha value is -3.22. The van der Waals surface area contributed by atoms with E-state index in [4.69, 9.17) is 9.47 Å². The van der Waals surface area contributed by atoms with Gasteiger partial charge >= 0.3 is 12.1 Å². The van der Waals surface area contributed by atoms with Gasteiger partial charge in [-0.3, -0.25) is 4.90 Å². The van der Waals surface area contributed by atoms with Crippen LogP contribution in [0.4, 0.5) is 15.3 Å². The molecular formula is C22H25N3O4. The predicted molar refractivity (Wildman–Crippen MR) is 109 cm³/mol. The van der Waals surface area contributed by atoms with Crippen molar-refractivity contribution in [3.8, 4) is 5.75 Å². The summed E-state index contributed by atoms with van der Waals surface area (Å²) < 4.78 is 10.9. The highest BCUT2D eigenvalue weighted by Gasteiger charge is 2.47. The van der Waals surface area contributed by atoms with Crippen molar-refractivity contribution in [2.24, 2.45) is 0 Å². The Balaban J connectivity index is 1.31. The summed E-state index contributed by atoms with van der Waals surface area (Å²) in [6.07, 6.45) is 1.00. The molecule has 4 rings (SSSR count). The van der Waals surface area contributed by atoms with Crippen LogP contribution in [0.3, 0.4) is 0 Å². The minimum atomic E-state index is -0.497. The van der Waals surface area contributed by atoms with E-state index in [1.165, 1.54) is 0 Å². The van der Waals surface area contributed by atoms with E-state index in [-0.39, 0.29) is 12.1 Å². The number of hydrogen-bond donors (Lipinski definition) is 1. The lowest BCUT2D eigenvalue weighted by molar-refractivity contribution is 0.0109. The van der Waals surface area contributed by atoms with Gasteiger partial charge in [-0.1, -0.05) is 30.3 Å². The maximum atomic E-state index is 12.6. The highest BCUT2D eigenvalue weighted by atomic mass is 16.6. The minimum absolute atomic E-state index is 0.143. The summed E-state index contributed by atoms with van der Waals surface area (Å²) in [7, 11) is 1.61. The van der Waals surface area contributed by atoms with Gasteiger partial charge in [0.2, 0.25) is 0 Å². The average Bonchev–Trinajstić information content (AvgIpc) is 3.04. The molecule has 2 aliphatic heterocycles. The van der Waals surface area contributed by atoms with Gasteiger partial charge in [0, 0.05) is 38.2 Å². The smallest absolute Gasteiger partial charge is 0.410 e. The summed E-state index contributed by atoms with van der Waals surface area (Å²) in [4.78, 5) is 28.4. The fourth-order valence-electron chi connectivity index (χ4n) is 3.87. The van der Waals surface area contributed by atoms with E-state index in [0.29, 0.717) is 39.0 Å². The molecule has 2 aromatic carbocycles. The average molecular weight is 395 g/mol. The summed E-state index contributed by atoms with van der Waals surface area (Å²) in [5, 5.41) is 2.91. The van der Waals surface area contributed by atoms with Crippen LogP contribution in [0.25, 0.3) is 0 Å². The van der Waals surface area contributed by atoms with Crippen LogP contribution in [-0.2, 0) is 11.3 Å². The summed E-state index contributed by atoms with van der Waals surface area (Å²) in [6, 6.07) is 17.0. The Morgan fingerprint density at radius 2 is 1.79 bits per heavy atom. The maximum Gasteiger partial charge on any atom is 0.410 e. The molecule has 0 aliphatic carbocycles. The third-order valence-electron chi connectivity index (χ3n) is 5.56. The van der Waals surface area contributed by atoms with Crippen molar-refractivity contribution in [3.05, 3.63) is 60.2 Å². The van der Waals surface area contributed by atoms with Gasteiger partial charge in [-0.25, -0.2) is 9.59 Å². The lowest BCUT2D eigenvalue weighted by atomic mass is 9.91. The second kappa shape index (κ2) is 8.03. The first kappa shape index (κ1) is 19.1. The zero-order valence-electron chi connectivity index (χ0n) is 16.5. The Kier molecular flexibility index (Phi) is 5.29. The monoisotopic (exact) mass is 395 g/mol. The molecule has 2 aliphatic rings. The van der Waals surface area contributed by atoms with E-state index in [1.54, 1.807) is 29.0 Å². The van der Waals surface area contributed by atoms with Crippen molar-refractivity contribution in [3.63, 3.8) is 0 Å². The van der Waals surface area contributed by atoms with Crippen LogP contribution >= 0.6 is 0 Å². The molecule has 1 N–H and O–H groups in total. The van der Waals surface area contributed by atoms with Gasteiger partial charge in [0.1, 0.15) is 11.4 Å². The minimum Gasteiger partial charge on any atom is -0.497 e. The first-order valence-electron chi connectivity index (χ1n) is 9.79. The van der Waals surface area contributed by atoms with Crippen molar-refractivity contribution < 1.29 is 19.1 Å². The number of nitrogens with zero attached hydrogens (tertiary/aromatic N) is 2. The molecule has 0 unspecified atom stereocenters. The molecule has 0 atom stereocenters. The second-order valence-corrected chi connectivity index (χ2v) is 7.54. The quantitative estimate of drug-likeness (QED) is 0.857. The third-order valence-corrected chi connectivity index (χ3v) is 5.56. The summed E-state index contributed by atoms with van der Waals surface area (Å²) in [5.74, 6) is 0.742. The lowest BCUT2D eigenvalue weighted by Gasteiger charge is -2.37. The number of benzene rings is 2. The van der Waals surface area contributed by atoms with Crippen LogP contribution in [0.2, 0.25) is 0 Å². The zero-order chi connectivity index (χ0) is 20.3. The lowest BCUT2D eigenvalue weighted by Crippen LogP contribution is -2.49. The van der Waals surface area contributed by atoms with Gasteiger partial charge in [-0.15, -0.1) is 0 Å². The maximum absolute atomic E-state index is 12.6. The molecule has 1 spiro atoms. The number of carbonyl (C=O) groups is 2. The van der Waals surface area contributed by atoms with Crippen molar-refractivity contribution in [1.82, 2.24) is 9.80 Å². The van der Waals surface area contributed by atoms with Crippen molar-refractivity contribution in [2.45, 2.75) is 25.0 Å². The summed E-state index contributed by atoms with van der Waals surface area (Å²) in [5.41, 5.74) is 1.30. The van der Waals surface area contributed by atoms with Gasteiger partial charge in [0.15, 0.2) is 0 Å². The normalized spacial score (nSPS) is 17.9. The Bertz CT molecular complexity index is 861. The Morgan fingerprint density at radius 1 is 1.10 bits per heavy atom. The van der Waals surface area contributed by atoms with Crippen molar-refractivity contribution in [1.29, 1.82) is 0 Å². The van der Waals surface area contributed by atoms with E-state index < -0.39 is 5.60 Å². The second-order valence-electron chi connectivity index (χ2n) is 7.54. The highest BCUT2D eigenvalue weighted by molar-refractivity contribution is 5.89. The molecule has 2 aromatic rings. The zero-order valence-corrected chi connectivity index (χ0v) is 16.5.